The minimum absolute atomic E-state index is 0.0336. The number of carbonyl (C=O) groups is 3. The highest BCUT2D eigenvalue weighted by Gasteiger charge is 2.38. The average molecular weight is 592 g/mol. The fourth-order valence-corrected chi connectivity index (χ4v) is 4.48. The number of amides is 3. The van der Waals surface area contributed by atoms with E-state index in [1.165, 1.54) is 44.0 Å². The molecule has 4 rings (SSSR count). The molecule has 8 nitrogen and oxygen atoms in total. The molecule has 2 N–H and O–H groups in total. The van der Waals surface area contributed by atoms with E-state index in [0.717, 1.165) is 24.4 Å². The minimum Gasteiger partial charge on any atom is -0.363 e. The molecule has 1 atom stereocenters. The number of halogens is 5. The van der Waals surface area contributed by atoms with Crippen molar-refractivity contribution in [2.45, 2.75) is 38.1 Å². The number of likely N-dealkylation sites (N-methyl/N-ethyl adjacent to an activating group) is 1. The highest BCUT2D eigenvalue weighted by atomic mass is 35.5. The number of pyridine rings is 1. The number of hydrogen-bond donors (Lipinski definition) is 2. The molecule has 1 unspecified atom stereocenters. The van der Waals surface area contributed by atoms with Crippen molar-refractivity contribution in [3.8, 4) is 0 Å². The van der Waals surface area contributed by atoms with Crippen molar-refractivity contribution in [3.63, 3.8) is 0 Å². The normalized spacial score (nSPS) is 15.7. The smallest absolute Gasteiger partial charge is 0.363 e. The third-order valence-electron chi connectivity index (χ3n) is 6.58. The van der Waals surface area contributed by atoms with Crippen molar-refractivity contribution in [3.05, 3.63) is 88.5 Å². The van der Waals surface area contributed by atoms with Crippen LogP contribution in [0.4, 0.5) is 28.9 Å². The standard InChI is InChI=1S/C28H26ClF4N5O3/c1-27(2,36-24(39)20-10-9-19(30)13-34-20)26(41)35-21-15-38(14-16-4-6-17(7-5-16)28(31,32)33)22-11-8-18(29)12-23(22)37(3)25(21)40/h4-13,21H,14-15H2,1-3H3,(H,35,41)(H,36,39). The summed E-state index contributed by atoms with van der Waals surface area (Å²) in [5.41, 5.74) is -0.831. The molecule has 2 aromatic carbocycles. The molecule has 0 saturated heterocycles. The van der Waals surface area contributed by atoms with Crippen LogP contribution in [0.3, 0.4) is 0 Å². The van der Waals surface area contributed by atoms with Gasteiger partial charge in [-0.2, -0.15) is 13.2 Å². The third-order valence-corrected chi connectivity index (χ3v) is 6.82. The van der Waals surface area contributed by atoms with Gasteiger partial charge in [0, 0.05) is 25.2 Å². The van der Waals surface area contributed by atoms with E-state index in [4.69, 9.17) is 11.6 Å². The number of carbonyl (C=O) groups excluding carboxylic acids is 3. The van der Waals surface area contributed by atoms with E-state index < -0.39 is 46.9 Å². The first-order valence-corrected chi connectivity index (χ1v) is 12.8. The van der Waals surface area contributed by atoms with E-state index >= 15 is 0 Å². The molecule has 0 bridgehead atoms. The largest absolute Gasteiger partial charge is 0.416 e. The van der Waals surface area contributed by atoms with Crippen LogP contribution in [0.25, 0.3) is 0 Å². The first-order valence-electron chi connectivity index (χ1n) is 12.4. The van der Waals surface area contributed by atoms with E-state index in [-0.39, 0.29) is 18.8 Å². The van der Waals surface area contributed by atoms with Crippen LogP contribution >= 0.6 is 11.6 Å². The molecule has 1 aliphatic heterocycles. The average Bonchev–Trinajstić information content (AvgIpc) is 2.99. The van der Waals surface area contributed by atoms with Crippen molar-refractivity contribution >= 4 is 40.7 Å². The highest BCUT2D eigenvalue weighted by Crippen LogP contribution is 2.36. The number of fused-ring (bicyclic) bond motifs is 1. The molecular weight excluding hydrogens is 566 g/mol. The lowest BCUT2D eigenvalue weighted by atomic mass is 10.0. The number of rotatable bonds is 6. The Kier molecular flexibility index (Phi) is 8.25. The van der Waals surface area contributed by atoms with Gasteiger partial charge in [-0.3, -0.25) is 14.4 Å². The minimum atomic E-state index is -4.48. The monoisotopic (exact) mass is 591 g/mol. The molecule has 216 valence electrons. The first kappa shape index (κ1) is 29.8. The van der Waals surface area contributed by atoms with Crippen molar-refractivity contribution in [1.29, 1.82) is 0 Å². The number of nitrogens with zero attached hydrogens (tertiary/aromatic N) is 3. The Balaban J connectivity index is 1.58. The fourth-order valence-electron chi connectivity index (χ4n) is 4.31. The summed E-state index contributed by atoms with van der Waals surface area (Å²) in [4.78, 5) is 46.2. The zero-order chi connectivity index (χ0) is 30.1. The topological polar surface area (TPSA) is 94.6 Å². The van der Waals surface area contributed by atoms with Crippen molar-refractivity contribution < 1.29 is 31.9 Å². The Morgan fingerprint density at radius 3 is 2.34 bits per heavy atom. The molecule has 41 heavy (non-hydrogen) atoms. The van der Waals surface area contributed by atoms with E-state index in [9.17, 15) is 31.9 Å². The molecule has 3 aromatic rings. The second-order valence-corrected chi connectivity index (χ2v) is 10.5. The number of hydrogen-bond acceptors (Lipinski definition) is 5. The van der Waals surface area contributed by atoms with Gasteiger partial charge in [0.15, 0.2) is 0 Å². The molecule has 0 fully saturated rings. The van der Waals surface area contributed by atoms with Crippen LogP contribution < -0.4 is 20.4 Å². The van der Waals surface area contributed by atoms with Crippen LogP contribution in [0, 0.1) is 5.82 Å². The number of nitrogens with one attached hydrogen (secondary N) is 2. The second kappa shape index (κ2) is 11.4. The first-order chi connectivity index (χ1) is 19.2. The molecule has 2 heterocycles. The lowest BCUT2D eigenvalue weighted by Gasteiger charge is -2.30. The number of alkyl halides is 3. The van der Waals surface area contributed by atoms with Gasteiger partial charge < -0.3 is 20.4 Å². The maximum Gasteiger partial charge on any atom is 0.416 e. The Bertz CT molecular complexity index is 1460. The quantitative estimate of drug-likeness (QED) is 0.410. The Morgan fingerprint density at radius 1 is 1.05 bits per heavy atom. The molecule has 3 amide bonds. The summed E-state index contributed by atoms with van der Waals surface area (Å²) >= 11 is 6.20. The molecule has 13 heteroatoms. The van der Waals surface area contributed by atoms with E-state index in [2.05, 4.69) is 15.6 Å². The summed E-state index contributed by atoms with van der Waals surface area (Å²) in [5, 5.41) is 5.58. The maximum absolute atomic E-state index is 13.5. The van der Waals surface area contributed by atoms with Crippen LogP contribution in [0.15, 0.2) is 60.8 Å². The van der Waals surface area contributed by atoms with E-state index in [0.29, 0.717) is 22.0 Å². The summed E-state index contributed by atoms with van der Waals surface area (Å²) in [7, 11) is 1.52. The van der Waals surface area contributed by atoms with Crippen LogP contribution in [-0.2, 0) is 22.3 Å². The van der Waals surface area contributed by atoms with Gasteiger partial charge in [-0.05, 0) is 61.9 Å². The molecule has 1 aromatic heterocycles. The number of benzene rings is 2. The molecule has 0 radical (unpaired) electrons. The Hall–Kier alpha value is -4.19. The summed E-state index contributed by atoms with van der Waals surface area (Å²) in [6, 6.07) is 10.7. The molecule has 0 spiro atoms. The predicted molar refractivity (Wildman–Crippen MR) is 145 cm³/mol. The fraction of sp³-hybridized carbons (Fsp3) is 0.286. The molecule has 0 saturated carbocycles. The van der Waals surface area contributed by atoms with Gasteiger partial charge in [0.1, 0.15) is 23.1 Å². The van der Waals surface area contributed by atoms with Gasteiger partial charge in [0.2, 0.25) is 5.91 Å². The van der Waals surface area contributed by atoms with E-state index in [1.807, 2.05) is 0 Å². The van der Waals surface area contributed by atoms with Gasteiger partial charge in [-0.1, -0.05) is 23.7 Å². The number of anilines is 2. The zero-order valence-electron chi connectivity index (χ0n) is 22.2. The predicted octanol–water partition coefficient (Wildman–Crippen LogP) is 4.57. The van der Waals surface area contributed by atoms with Crippen LogP contribution in [0.5, 0.6) is 0 Å². The van der Waals surface area contributed by atoms with Crippen LogP contribution in [0.1, 0.15) is 35.5 Å². The van der Waals surface area contributed by atoms with Gasteiger partial charge in [-0.15, -0.1) is 0 Å². The summed E-state index contributed by atoms with van der Waals surface area (Å²) in [6.07, 6.45) is -3.61. The van der Waals surface area contributed by atoms with Crippen LogP contribution in [0.2, 0.25) is 5.02 Å². The maximum atomic E-state index is 13.5. The van der Waals surface area contributed by atoms with Crippen molar-refractivity contribution in [2.75, 3.05) is 23.4 Å². The molecular formula is C28H26ClF4N5O3. The van der Waals surface area contributed by atoms with Gasteiger partial charge in [0.05, 0.1) is 23.1 Å². The SMILES string of the molecule is CN1C(=O)C(NC(=O)C(C)(C)NC(=O)c2ccc(F)cn2)CN(Cc2ccc(C(F)(F)F)cc2)c2ccc(Cl)cc21. The lowest BCUT2D eigenvalue weighted by molar-refractivity contribution is -0.137. The van der Waals surface area contributed by atoms with Crippen molar-refractivity contribution in [2.24, 2.45) is 0 Å². The van der Waals surface area contributed by atoms with E-state index in [1.54, 1.807) is 23.1 Å². The molecule has 0 aliphatic carbocycles. The number of aromatic nitrogens is 1. The van der Waals surface area contributed by atoms with Gasteiger partial charge in [-0.25, -0.2) is 9.37 Å². The Morgan fingerprint density at radius 2 is 1.73 bits per heavy atom. The third kappa shape index (κ3) is 6.76. The second-order valence-electron chi connectivity index (χ2n) is 10.1. The van der Waals surface area contributed by atoms with Gasteiger partial charge >= 0.3 is 6.18 Å². The lowest BCUT2D eigenvalue weighted by Crippen LogP contribution is -2.60. The van der Waals surface area contributed by atoms with Crippen molar-refractivity contribution in [1.82, 2.24) is 15.6 Å². The summed E-state index contributed by atoms with van der Waals surface area (Å²) in [5.74, 6) is -2.50. The summed E-state index contributed by atoms with van der Waals surface area (Å²) in [6.45, 7) is 2.96. The summed E-state index contributed by atoms with van der Waals surface area (Å²) < 4.78 is 52.4. The molecule has 1 aliphatic rings. The zero-order valence-corrected chi connectivity index (χ0v) is 23.0. The highest BCUT2D eigenvalue weighted by molar-refractivity contribution is 6.31. The Labute approximate surface area is 238 Å². The van der Waals surface area contributed by atoms with Crippen LogP contribution in [-0.4, -0.2) is 47.9 Å². The van der Waals surface area contributed by atoms with Gasteiger partial charge in [0.25, 0.3) is 11.8 Å².